The SMILES string of the molecule is O=C1N/C(=C\c2ccccc2OCc2cccc([N+](=O)[O-])c2)C(=O)N1c1cccc(Cl)c1. The molecule has 8 nitrogen and oxygen atoms in total. The largest absolute Gasteiger partial charge is 0.488 e. The van der Waals surface area contributed by atoms with Crippen LogP contribution in [-0.2, 0) is 11.4 Å². The number of urea groups is 1. The van der Waals surface area contributed by atoms with Crippen LogP contribution >= 0.6 is 11.6 Å². The minimum absolute atomic E-state index is 0.0260. The van der Waals surface area contributed by atoms with Gasteiger partial charge in [-0.3, -0.25) is 14.9 Å². The molecule has 1 heterocycles. The number of imide groups is 1. The van der Waals surface area contributed by atoms with Crippen LogP contribution in [0.2, 0.25) is 5.02 Å². The third-order valence-electron chi connectivity index (χ3n) is 4.68. The summed E-state index contributed by atoms with van der Waals surface area (Å²) < 4.78 is 5.84. The molecule has 4 rings (SSSR count). The number of carbonyl (C=O) groups is 2. The number of nitrogens with one attached hydrogen (secondary N) is 1. The molecule has 3 aromatic rings. The van der Waals surface area contributed by atoms with E-state index in [4.69, 9.17) is 16.3 Å². The number of rotatable bonds is 6. The molecule has 1 fully saturated rings. The van der Waals surface area contributed by atoms with E-state index < -0.39 is 16.9 Å². The van der Waals surface area contributed by atoms with Gasteiger partial charge in [0.25, 0.3) is 11.6 Å². The van der Waals surface area contributed by atoms with Crippen molar-refractivity contribution in [2.45, 2.75) is 6.61 Å². The highest BCUT2D eigenvalue weighted by Gasteiger charge is 2.35. The number of hydrogen-bond donors (Lipinski definition) is 1. The van der Waals surface area contributed by atoms with E-state index in [0.717, 1.165) is 4.90 Å². The third-order valence-corrected chi connectivity index (χ3v) is 4.91. The van der Waals surface area contributed by atoms with Crippen molar-refractivity contribution in [1.29, 1.82) is 0 Å². The van der Waals surface area contributed by atoms with Gasteiger partial charge in [-0.05, 0) is 35.9 Å². The Bertz CT molecular complexity index is 1260. The number of nitrogens with zero attached hydrogens (tertiary/aromatic N) is 2. The molecule has 32 heavy (non-hydrogen) atoms. The van der Waals surface area contributed by atoms with Crippen molar-refractivity contribution in [3.63, 3.8) is 0 Å². The number of para-hydroxylation sites is 1. The maximum Gasteiger partial charge on any atom is 0.333 e. The number of benzene rings is 3. The fourth-order valence-electron chi connectivity index (χ4n) is 3.19. The Hall–Kier alpha value is -4.17. The van der Waals surface area contributed by atoms with Gasteiger partial charge < -0.3 is 10.1 Å². The second kappa shape index (κ2) is 8.91. The summed E-state index contributed by atoms with van der Waals surface area (Å²) >= 11 is 5.98. The molecule has 0 radical (unpaired) electrons. The van der Waals surface area contributed by atoms with Crippen molar-refractivity contribution in [2.24, 2.45) is 0 Å². The summed E-state index contributed by atoms with van der Waals surface area (Å²) in [6.07, 6.45) is 1.52. The van der Waals surface area contributed by atoms with E-state index >= 15 is 0 Å². The molecular formula is C23H16ClN3O5. The Kier molecular flexibility index (Phi) is 5.87. The van der Waals surface area contributed by atoms with Crippen molar-refractivity contribution >= 4 is 41.0 Å². The Morgan fingerprint density at radius 3 is 2.59 bits per heavy atom. The molecule has 9 heteroatoms. The summed E-state index contributed by atoms with van der Waals surface area (Å²) in [7, 11) is 0. The number of anilines is 1. The minimum atomic E-state index is -0.585. The van der Waals surface area contributed by atoms with Crippen LogP contribution in [0, 0.1) is 10.1 Å². The van der Waals surface area contributed by atoms with Crippen LogP contribution in [0.3, 0.4) is 0 Å². The molecule has 0 aromatic heterocycles. The van der Waals surface area contributed by atoms with Crippen LogP contribution in [0.5, 0.6) is 5.75 Å². The summed E-state index contributed by atoms with van der Waals surface area (Å²) in [6, 6.07) is 19.0. The Morgan fingerprint density at radius 2 is 1.81 bits per heavy atom. The van der Waals surface area contributed by atoms with E-state index in [1.54, 1.807) is 54.6 Å². The molecular weight excluding hydrogens is 434 g/mol. The van der Waals surface area contributed by atoms with Crippen molar-refractivity contribution < 1.29 is 19.2 Å². The van der Waals surface area contributed by atoms with Crippen molar-refractivity contribution in [2.75, 3.05) is 4.90 Å². The van der Waals surface area contributed by atoms with Crippen LogP contribution in [0.25, 0.3) is 6.08 Å². The summed E-state index contributed by atoms with van der Waals surface area (Å²) in [5.41, 5.74) is 1.61. The molecule has 1 saturated heterocycles. The number of ether oxygens (including phenoxy) is 1. The highest BCUT2D eigenvalue weighted by atomic mass is 35.5. The van der Waals surface area contributed by atoms with Gasteiger partial charge in [-0.15, -0.1) is 0 Å². The van der Waals surface area contributed by atoms with E-state index in [1.807, 2.05) is 0 Å². The number of amides is 3. The predicted molar refractivity (Wildman–Crippen MR) is 119 cm³/mol. The highest BCUT2D eigenvalue weighted by molar-refractivity contribution is 6.32. The van der Waals surface area contributed by atoms with Crippen molar-refractivity contribution in [1.82, 2.24) is 5.32 Å². The van der Waals surface area contributed by atoms with Gasteiger partial charge in [0, 0.05) is 22.7 Å². The summed E-state index contributed by atoms with van der Waals surface area (Å²) in [6.45, 7) is 0.0941. The molecule has 0 aliphatic carbocycles. The predicted octanol–water partition coefficient (Wildman–Crippen LogP) is 4.92. The Labute approximate surface area is 187 Å². The summed E-state index contributed by atoms with van der Waals surface area (Å²) in [5.74, 6) is -0.0690. The van der Waals surface area contributed by atoms with Crippen LogP contribution in [0.15, 0.2) is 78.5 Å². The molecule has 1 N–H and O–H groups in total. The van der Waals surface area contributed by atoms with Gasteiger partial charge in [-0.1, -0.05) is 48.0 Å². The maximum absolute atomic E-state index is 12.9. The monoisotopic (exact) mass is 449 g/mol. The zero-order valence-corrected chi connectivity index (χ0v) is 17.3. The Balaban J connectivity index is 1.56. The topological polar surface area (TPSA) is 102 Å². The first-order valence-electron chi connectivity index (χ1n) is 9.50. The minimum Gasteiger partial charge on any atom is -0.488 e. The van der Waals surface area contributed by atoms with Crippen LogP contribution < -0.4 is 15.0 Å². The number of hydrogen-bond acceptors (Lipinski definition) is 5. The molecule has 160 valence electrons. The molecule has 0 unspecified atom stereocenters. The van der Waals surface area contributed by atoms with Gasteiger partial charge >= 0.3 is 6.03 Å². The van der Waals surface area contributed by atoms with Crippen LogP contribution in [0.1, 0.15) is 11.1 Å². The first-order chi connectivity index (χ1) is 15.4. The maximum atomic E-state index is 12.9. The average Bonchev–Trinajstić information content (AvgIpc) is 3.06. The molecule has 0 atom stereocenters. The van der Waals surface area contributed by atoms with Crippen LogP contribution in [0.4, 0.5) is 16.2 Å². The second-order valence-corrected chi connectivity index (χ2v) is 7.30. The number of carbonyl (C=O) groups excluding carboxylic acids is 2. The fraction of sp³-hybridized carbons (Fsp3) is 0.0435. The normalized spacial score (nSPS) is 14.5. The molecule has 3 aromatic carbocycles. The molecule has 3 amide bonds. The van der Waals surface area contributed by atoms with Gasteiger partial charge in [0.05, 0.1) is 10.6 Å². The van der Waals surface area contributed by atoms with E-state index in [2.05, 4.69) is 5.32 Å². The highest BCUT2D eigenvalue weighted by Crippen LogP contribution is 2.27. The third kappa shape index (κ3) is 4.45. The van der Waals surface area contributed by atoms with Crippen LogP contribution in [-0.4, -0.2) is 16.9 Å². The standard InChI is InChI=1S/C23H16ClN3O5/c24-17-7-4-8-18(13-17)26-22(28)20(25-23(26)29)12-16-6-1-2-10-21(16)32-14-15-5-3-9-19(11-15)27(30)31/h1-13H,14H2,(H,25,29)/b20-12-. The van der Waals surface area contributed by atoms with Gasteiger partial charge in [0.2, 0.25) is 0 Å². The average molecular weight is 450 g/mol. The van der Waals surface area contributed by atoms with Gasteiger partial charge in [0.15, 0.2) is 0 Å². The number of halogens is 1. The van der Waals surface area contributed by atoms with Gasteiger partial charge in [0.1, 0.15) is 18.1 Å². The lowest BCUT2D eigenvalue weighted by Crippen LogP contribution is -2.30. The molecule has 0 spiro atoms. The molecule has 0 saturated carbocycles. The second-order valence-electron chi connectivity index (χ2n) is 6.86. The van der Waals surface area contributed by atoms with Crippen molar-refractivity contribution in [3.8, 4) is 5.75 Å². The number of nitro benzene ring substituents is 1. The van der Waals surface area contributed by atoms with Crippen molar-refractivity contribution in [3.05, 3.63) is 105 Å². The lowest BCUT2D eigenvalue weighted by molar-refractivity contribution is -0.384. The number of nitro groups is 1. The fourth-order valence-corrected chi connectivity index (χ4v) is 3.38. The smallest absolute Gasteiger partial charge is 0.333 e. The first-order valence-corrected chi connectivity index (χ1v) is 9.88. The Morgan fingerprint density at radius 1 is 1.03 bits per heavy atom. The first kappa shape index (κ1) is 21.1. The quantitative estimate of drug-likeness (QED) is 0.249. The summed E-state index contributed by atoms with van der Waals surface area (Å²) in [5, 5.41) is 13.9. The van der Waals surface area contributed by atoms with Gasteiger partial charge in [-0.2, -0.15) is 0 Å². The number of non-ortho nitro benzene ring substituents is 1. The zero-order chi connectivity index (χ0) is 22.7. The van der Waals surface area contributed by atoms with E-state index in [-0.39, 0.29) is 18.0 Å². The van der Waals surface area contributed by atoms with E-state index in [0.29, 0.717) is 27.6 Å². The van der Waals surface area contributed by atoms with E-state index in [9.17, 15) is 19.7 Å². The lowest BCUT2D eigenvalue weighted by atomic mass is 10.1. The zero-order valence-electron chi connectivity index (χ0n) is 16.5. The summed E-state index contributed by atoms with van der Waals surface area (Å²) in [4.78, 5) is 36.7. The van der Waals surface area contributed by atoms with E-state index in [1.165, 1.54) is 24.3 Å². The molecule has 1 aliphatic rings. The molecule has 1 aliphatic heterocycles. The lowest BCUT2D eigenvalue weighted by Gasteiger charge is -2.12. The van der Waals surface area contributed by atoms with Gasteiger partial charge in [-0.25, -0.2) is 9.69 Å². The molecule has 0 bridgehead atoms.